The summed E-state index contributed by atoms with van der Waals surface area (Å²) in [5, 5.41) is 10.9. The van der Waals surface area contributed by atoms with Crippen molar-refractivity contribution in [1.82, 2.24) is 9.88 Å². The summed E-state index contributed by atoms with van der Waals surface area (Å²) < 4.78 is 29.3. The number of hydrogen-bond donors (Lipinski definition) is 2. The lowest BCUT2D eigenvalue weighted by Crippen LogP contribution is -2.46. The van der Waals surface area contributed by atoms with Gasteiger partial charge in [0, 0.05) is 49.4 Å². The number of carboxylic acid groups (broad SMARTS) is 1. The second kappa shape index (κ2) is 16.3. The molecule has 1 aliphatic rings. The van der Waals surface area contributed by atoms with Crippen LogP contribution in [0.3, 0.4) is 0 Å². The Hall–Kier alpha value is -4.05. The number of nitrogens with one attached hydrogen (secondary N) is 1. The number of likely N-dealkylation sites (tertiary alicyclic amines) is 1. The minimum Gasteiger partial charge on any atom is -0.496 e. The van der Waals surface area contributed by atoms with Gasteiger partial charge in [-0.3, -0.25) is 0 Å². The third-order valence-electron chi connectivity index (χ3n) is 8.34. The Bertz CT molecular complexity index is 1460. The Labute approximate surface area is 265 Å². The molecule has 2 N–H and O–H groups in total. The Balaban J connectivity index is 1.20. The second-order valence-corrected chi connectivity index (χ2v) is 11.4. The molecule has 0 spiro atoms. The number of carbonyl (C=O) groups is 1. The van der Waals surface area contributed by atoms with Gasteiger partial charge in [0.25, 0.3) is 0 Å². The van der Waals surface area contributed by atoms with Gasteiger partial charge in [-0.1, -0.05) is 48.5 Å². The van der Waals surface area contributed by atoms with Crippen LogP contribution in [0.2, 0.25) is 0 Å². The van der Waals surface area contributed by atoms with Crippen molar-refractivity contribution >= 4 is 17.0 Å². The average molecular weight is 617 g/mol. The molecule has 45 heavy (non-hydrogen) atoms. The summed E-state index contributed by atoms with van der Waals surface area (Å²) in [5.41, 5.74) is 4.19. The highest BCUT2D eigenvalue weighted by atomic mass is 16.5. The molecule has 0 aliphatic carbocycles. The third kappa shape index (κ3) is 8.78. The van der Waals surface area contributed by atoms with Gasteiger partial charge < -0.3 is 38.7 Å². The maximum atomic E-state index is 12.0. The van der Waals surface area contributed by atoms with Gasteiger partial charge in [-0.25, -0.2) is 4.79 Å². The molecule has 4 aromatic rings. The molecule has 3 atom stereocenters. The minimum absolute atomic E-state index is 0.0485. The Kier molecular flexibility index (Phi) is 11.7. The number of rotatable bonds is 16. The first-order chi connectivity index (χ1) is 22.1. The molecule has 5 rings (SSSR count). The van der Waals surface area contributed by atoms with Crippen LogP contribution in [0, 0.1) is 0 Å². The van der Waals surface area contributed by atoms with Gasteiger partial charge in [0.05, 0.1) is 45.7 Å². The van der Waals surface area contributed by atoms with Crippen LogP contribution in [0.15, 0.2) is 78.9 Å². The van der Waals surface area contributed by atoms with Crippen molar-refractivity contribution in [2.24, 2.45) is 0 Å². The largest absolute Gasteiger partial charge is 0.496 e. The molecule has 1 aromatic heterocycles. The fourth-order valence-corrected chi connectivity index (χ4v) is 5.97. The van der Waals surface area contributed by atoms with Crippen LogP contribution in [0.5, 0.6) is 11.5 Å². The number of fused-ring (bicyclic) bond motifs is 1. The summed E-state index contributed by atoms with van der Waals surface area (Å²) in [7, 11) is 3.36. The van der Waals surface area contributed by atoms with Crippen molar-refractivity contribution in [3.63, 3.8) is 0 Å². The van der Waals surface area contributed by atoms with Crippen molar-refractivity contribution in [2.45, 2.75) is 50.4 Å². The zero-order chi connectivity index (χ0) is 31.4. The van der Waals surface area contributed by atoms with Gasteiger partial charge in [-0.05, 0) is 60.5 Å². The molecule has 1 saturated heterocycles. The number of amides is 1. The van der Waals surface area contributed by atoms with Crippen LogP contribution in [-0.4, -0.2) is 74.3 Å². The minimum atomic E-state index is -0.917. The van der Waals surface area contributed by atoms with E-state index in [1.54, 1.807) is 14.2 Å². The second-order valence-electron chi connectivity index (χ2n) is 11.4. The highest BCUT2D eigenvalue weighted by Crippen LogP contribution is 2.36. The maximum Gasteiger partial charge on any atom is 0.407 e. The molecule has 2 heterocycles. The molecule has 0 radical (unpaired) electrons. The van der Waals surface area contributed by atoms with Crippen molar-refractivity contribution in [3.05, 3.63) is 95.7 Å². The number of piperidine rings is 1. The summed E-state index contributed by atoms with van der Waals surface area (Å²) >= 11 is 0. The van der Waals surface area contributed by atoms with Crippen molar-refractivity contribution in [3.8, 4) is 11.5 Å². The van der Waals surface area contributed by atoms with Gasteiger partial charge in [0.2, 0.25) is 0 Å². The Morgan fingerprint density at radius 2 is 1.78 bits per heavy atom. The SMILES string of the molecule is COCCCC(OC1CN(C(=O)O)CCC1c1ccc(OCCCOCc2ccccc2OC)cc1)c1cc2ccccc2[nH]1. The molecule has 3 aromatic carbocycles. The molecule has 9 heteroatoms. The number of methoxy groups -OCH3 is 2. The zero-order valence-electron chi connectivity index (χ0n) is 26.2. The van der Waals surface area contributed by atoms with Gasteiger partial charge in [-0.2, -0.15) is 0 Å². The lowest BCUT2D eigenvalue weighted by Gasteiger charge is -2.39. The predicted molar refractivity (Wildman–Crippen MR) is 173 cm³/mol. The molecule has 1 amide bonds. The number of ether oxygens (including phenoxy) is 5. The predicted octanol–water partition coefficient (Wildman–Crippen LogP) is 7.18. The van der Waals surface area contributed by atoms with E-state index < -0.39 is 6.09 Å². The number of aromatic nitrogens is 1. The quantitative estimate of drug-likeness (QED) is 0.129. The Morgan fingerprint density at radius 3 is 2.56 bits per heavy atom. The zero-order valence-corrected chi connectivity index (χ0v) is 26.2. The third-order valence-corrected chi connectivity index (χ3v) is 8.34. The van der Waals surface area contributed by atoms with E-state index >= 15 is 0 Å². The van der Waals surface area contributed by atoms with E-state index in [-0.39, 0.29) is 18.1 Å². The summed E-state index contributed by atoms with van der Waals surface area (Å²) in [6, 6.07) is 26.3. The first kappa shape index (κ1) is 32.3. The van der Waals surface area contributed by atoms with Gasteiger partial charge in [0.1, 0.15) is 11.5 Å². The first-order valence-electron chi connectivity index (χ1n) is 15.7. The van der Waals surface area contributed by atoms with E-state index in [0.29, 0.717) is 45.9 Å². The highest BCUT2D eigenvalue weighted by Gasteiger charge is 2.35. The summed E-state index contributed by atoms with van der Waals surface area (Å²) in [4.78, 5) is 16.9. The molecular formula is C36H44N2O7. The van der Waals surface area contributed by atoms with Crippen LogP contribution in [0.1, 0.15) is 54.5 Å². The van der Waals surface area contributed by atoms with Crippen LogP contribution in [-0.2, 0) is 20.8 Å². The summed E-state index contributed by atoms with van der Waals surface area (Å²) in [5.74, 6) is 1.67. The molecule has 1 fully saturated rings. The Morgan fingerprint density at radius 1 is 0.978 bits per heavy atom. The van der Waals surface area contributed by atoms with E-state index in [4.69, 9.17) is 23.7 Å². The fourth-order valence-electron chi connectivity index (χ4n) is 5.97. The molecule has 9 nitrogen and oxygen atoms in total. The lowest BCUT2D eigenvalue weighted by molar-refractivity contribution is -0.0636. The van der Waals surface area contributed by atoms with Crippen LogP contribution in [0.4, 0.5) is 4.79 Å². The molecule has 240 valence electrons. The van der Waals surface area contributed by atoms with Crippen LogP contribution >= 0.6 is 0 Å². The van der Waals surface area contributed by atoms with Gasteiger partial charge in [-0.15, -0.1) is 0 Å². The van der Waals surface area contributed by atoms with Gasteiger partial charge in [0.15, 0.2) is 0 Å². The number of hydrogen-bond acceptors (Lipinski definition) is 6. The molecule has 0 saturated carbocycles. The topological polar surface area (TPSA) is 102 Å². The number of H-pyrrole nitrogens is 1. The van der Waals surface area contributed by atoms with E-state index in [9.17, 15) is 9.90 Å². The van der Waals surface area contributed by atoms with Gasteiger partial charge >= 0.3 is 6.09 Å². The van der Waals surface area contributed by atoms with Crippen molar-refractivity contribution < 1.29 is 33.6 Å². The van der Waals surface area contributed by atoms with E-state index in [0.717, 1.165) is 58.5 Å². The fraction of sp³-hybridized carbons (Fsp3) is 0.417. The van der Waals surface area contributed by atoms with E-state index in [2.05, 4.69) is 35.3 Å². The summed E-state index contributed by atoms with van der Waals surface area (Å²) in [6.45, 7) is 3.03. The molecule has 0 bridgehead atoms. The molecular weight excluding hydrogens is 572 g/mol. The number of benzene rings is 3. The normalized spacial score (nSPS) is 17.3. The standard InChI is InChI=1S/C36H44N2O7/c1-41-20-7-13-34(32-23-27-9-3-5-11-31(27)37-32)45-35-24-38(36(39)40)19-18-30(35)26-14-16-29(17-15-26)44-22-8-21-43-25-28-10-4-6-12-33(28)42-2/h3-6,9-12,14-17,23,30,34-35,37H,7-8,13,18-22,24-25H2,1-2H3,(H,39,40). The average Bonchev–Trinajstić information content (AvgIpc) is 3.51. The van der Waals surface area contributed by atoms with Crippen molar-refractivity contribution in [1.29, 1.82) is 0 Å². The number of para-hydroxylation sites is 2. The highest BCUT2D eigenvalue weighted by molar-refractivity contribution is 5.80. The monoisotopic (exact) mass is 616 g/mol. The van der Waals surface area contributed by atoms with Crippen LogP contribution in [0.25, 0.3) is 10.9 Å². The summed E-state index contributed by atoms with van der Waals surface area (Å²) in [6.07, 6.45) is 1.58. The van der Waals surface area contributed by atoms with Crippen LogP contribution < -0.4 is 9.47 Å². The van der Waals surface area contributed by atoms with Crippen molar-refractivity contribution in [2.75, 3.05) is 47.1 Å². The number of aromatic amines is 1. The van der Waals surface area contributed by atoms with E-state index in [1.807, 2.05) is 48.5 Å². The lowest BCUT2D eigenvalue weighted by atomic mass is 9.86. The molecule has 1 aliphatic heterocycles. The maximum absolute atomic E-state index is 12.0. The molecule has 3 unspecified atom stereocenters. The van der Waals surface area contributed by atoms with E-state index in [1.165, 1.54) is 4.90 Å². The smallest absolute Gasteiger partial charge is 0.407 e. The first-order valence-corrected chi connectivity index (χ1v) is 15.7. The number of nitrogens with zero attached hydrogens (tertiary/aromatic N) is 1.